The SMILES string of the molecule is O=C(O)c1ccc(CN2CCN(S(=O)(=O)c3ccccc3)CC2)cc1Cl. The van der Waals surface area contributed by atoms with Gasteiger partial charge in [0.1, 0.15) is 0 Å². The molecule has 1 saturated heterocycles. The van der Waals surface area contributed by atoms with Crippen LogP contribution in [0.1, 0.15) is 15.9 Å². The van der Waals surface area contributed by atoms with Crippen molar-refractivity contribution in [2.45, 2.75) is 11.4 Å². The van der Waals surface area contributed by atoms with Crippen LogP contribution in [-0.2, 0) is 16.6 Å². The molecule has 0 aliphatic carbocycles. The average Bonchev–Trinajstić information content (AvgIpc) is 2.63. The van der Waals surface area contributed by atoms with E-state index >= 15 is 0 Å². The van der Waals surface area contributed by atoms with Gasteiger partial charge in [0, 0.05) is 32.7 Å². The van der Waals surface area contributed by atoms with Crippen molar-refractivity contribution >= 4 is 27.6 Å². The molecule has 2 aromatic carbocycles. The van der Waals surface area contributed by atoms with E-state index in [2.05, 4.69) is 4.90 Å². The molecule has 3 rings (SSSR count). The van der Waals surface area contributed by atoms with Crippen LogP contribution in [0.5, 0.6) is 0 Å². The fraction of sp³-hybridized carbons (Fsp3) is 0.278. The summed E-state index contributed by atoms with van der Waals surface area (Å²) < 4.78 is 26.8. The van der Waals surface area contributed by atoms with Crippen LogP contribution in [0.25, 0.3) is 0 Å². The summed E-state index contributed by atoms with van der Waals surface area (Å²) in [6, 6.07) is 13.3. The fourth-order valence-corrected chi connectivity index (χ4v) is 4.69. The highest BCUT2D eigenvalue weighted by molar-refractivity contribution is 7.89. The monoisotopic (exact) mass is 394 g/mol. The lowest BCUT2D eigenvalue weighted by molar-refractivity contribution is 0.0697. The molecule has 1 N–H and O–H groups in total. The minimum Gasteiger partial charge on any atom is -0.478 e. The van der Waals surface area contributed by atoms with Crippen molar-refractivity contribution in [3.8, 4) is 0 Å². The van der Waals surface area contributed by atoms with Crippen LogP contribution >= 0.6 is 11.6 Å². The molecule has 1 fully saturated rings. The normalized spacial score (nSPS) is 16.5. The summed E-state index contributed by atoms with van der Waals surface area (Å²) in [7, 11) is -3.46. The van der Waals surface area contributed by atoms with Crippen molar-refractivity contribution in [3.05, 3.63) is 64.7 Å². The van der Waals surface area contributed by atoms with Crippen LogP contribution in [0.3, 0.4) is 0 Å². The number of hydrogen-bond donors (Lipinski definition) is 1. The van der Waals surface area contributed by atoms with Gasteiger partial charge in [-0.15, -0.1) is 0 Å². The number of benzene rings is 2. The Labute approximate surface area is 157 Å². The predicted molar refractivity (Wildman–Crippen MR) is 98.9 cm³/mol. The van der Waals surface area contributed by atoms with E-state index in [1.165, 1.54) is 10.4 Å². The van der Waals surface area contributed by atoms with Crippen molar-refractivity contribution in [2.75, 3.05) is 26.2 Å². The van der Waals surface area contributed by atoms with E-state index in [4.69, 9.17) is 16.7 Å². The van der Waals surface area contributed by atoms with Crippen LogP contribution in [0.15, 0.2) is 53.4 Å². The molecular weight excluding hydrogens is 376 g/mol. The summed E-state index contributed by atoms with van der Waals surface area (Å²) in [5.41, 5.74) is 0.980. The Morgan fingerprint density at radius 3 is 2.27 bits per heavy atom. The second kappa shape index (κ2) is 7.75. The minimum atomic E-state index is -3.46. The lowest BCUT2D eigenvalue weighted by atomic mass is 10.1. The maximum atomic E-state index is 12.6. The highest BCUT2D eigenvalue weighted by Crippen LogP contribution is 2.21. The number of nitrogens with zero attached hydrogens (tertiary/aromatic N) is 2. The Morgan fingerprint density at radius 1 is 1.04 bits per heavy atom. The van der Waals surface area contributed by atoms with E-state index in [-0.39, 0.29) is 10.6 Å². The molecule has 0 amide bonds. The molecule has 0 saturated carbocycles. The molecule has 8 heteroatoms. The van der Waals surface area contributed by atoms with E-state index in [9.17, 15) is 13.2 Å². The van der Waals surface area contributed by atoms with Crippen LogP contribution in [0.2, 0.25) is 5.02 Å². The van der Waals surface area contributed by atoms with E-state index in [0.29, 0.717) is 37.6 Å². The molecule has 1 aliphatic heterocycles. The average molecular weight is 395 g/mol. The Hall–Kier alpha value is -1.93. The largest absolute Gasteiger partial charge is 0.478 e. The molecule has 0 unspecified atom stereocenters. The third-order valence-electron chi connectivity index (χ3n) is 4.38. The number of carboxylic acids is 1. The zero-order valence-electron chi connectivity index (χ0n) is 14.0. The second-order valence-corrected chi connectivity index (χ2v) is 8.46. The second-order valence-electron chi connectivity index (χ2n) is 6.11. The first-order chi connectivity index (χ1) is 12.4. The van der Waals surface area contributed by atoms with Crippen LogP contribution in [0.4, 0.5) is 0 Å². The molecule has 6 nitrogen and oxygen atoms in total. The van der Waals surface area contributed by atoms with Gasteiger partial charge in [0.15, 0.2) is 0 Å². The van der Waals surface area contributed by atoms with E-state index in [1.807, 2.05) is 0 Å². The Morgan fingerprint density at radius 2 is 1.69 bits per heavy atom. The summed E-state index contributed by atoms with van der Waals surface area (Å²) in [6.45, 7) is 2.63. The molecule has 0 radical (unpaired) electrons. The van der Waals surface area contributed by atoms with Gasteiger partial charge in [0.2, 0.25) is 10.0 Å². The van der Waals surface area contributed by atoms with Crippen molar-refractivity contribution in [3.63, 3.8) is 0 Å². The Balaban J connectivity index is 1.62. The first-order valence-corrected chi connectivity index (χ1v) is 9.99. The van der Waals surface area contributed by atoms with Gasteiger partial charge in [0.05, 0.1) is 15.5 Å². The zero-order valence-corrected chi connectivity index (χ0v) is 15.6. The molecule has 1 heterocycles. The Bertz CT molecular complexity index is 895. The summed E-state index contributed by atoms with van der Waals surface area (Å²) in [5, 5.41) is 9.23. The maximum absolute atomic E-state index is 12.6. The number of hydrogen-bond acceptors (Lipinski definition) is 4. The van der Waals surface area contributed by atoms with Crippen LogP contribution in [-0.4, -0.2) is 54.9 Å². The van der Waals surface area contributed by atoms with Gasteiger partial charge in [-0.1, -0.05) is 35.9 Å². The smallest absolute Gasteiger partial charge is 0.337 e. The Kier molecular flexibility index (Phi) is 5.62. The maximum Gasteiger partial charge on any atom is 0.337 e. The number of carboxylic acid groups (broad SMARTS) is 1. The minimum absolute atomic E-state index is 0.0780. The summed E-state index contributed by atoms with van der Waals surface area (Å²) in [4.78, 5) is 13.5. The van der Waals surface area contributed by atoms with E-state index in [1.54, 1.807) is 42.5 Å². The predicted octanol–water partition coefficient (Wildman–Crippen LogP) is 2.54. The van der Waals surface area contributed by atoms with Gasteiger partial charge >= 0.3 is 5.97 Å². The van der Waals surface area contributed by atoms with Crippen molar-refractivity contribution < 1.29 is 18.3 Å². The number of piperazine rings is 1. The number of halogens is 1. The zero-order chi connectivity index (χ0) is 18.7. The van der Waals surface area contributed by atoms with Gasteiger partial charge in [-0.05, 0) is 29.8 Å². The highest BCUT2D eigenvalue weighted by atomic mass is 35.5. The topological polar surface area (TPSA) is 77.9 Å². The van der Waals surface area contributed by atoms with Gasteiger partial charge in [-0.25, -0.2) is 13.2 Å². The van der Waals surface area contributed by atoms with Crippen LogP contribution < -0.4 is 0 Å². The molecule has 26 heavy (non-hydrogen) atoms. The molecule has 138 valence electrons. The van der Waals surface area contributed by atoms with E-state index in [0.717, 1.165) is 5.56 Å². The van der Waals surface area contributed by atoms with Gasteiger partial charge < -0.3 is 5.11 Å². The first kappa shape index (κ1) is 18.8. The summed E-state index contributed by atoms with van der Waals surface area (Å²) in [6.07, 6.45) is 0. The summed E-state index contributed by atoms with van der Waals surface area (Å²) in [5.74, 6) is -1.05. The number of aromatic carboxylic acids is 1. The molecular formula is C18H19ClN2O4S. The quantitative estimate of drug-likeness (QED) is 0.843. The number of sulfonamides is 1. The van der Waals surface area contributed by atoms with Crippen molar-refractivity contribution in [2.24, 2.45) is 0 Å². The highest BCUT2D eigenvalue weighted by Gasteiger charge is 2.28. The van der Waals surface area contributed by atoms with Gasteiger partial charge in [-0.2, -0.15) is 4.31 Å². The van der Waals surface area contributed by atoms with Crippen molar-refractivity contribution in [1.82, 2.24) is 9.21 Å². The lowest BCUT2D eigenvalue weighted by Gasteiger charge is -2.34. The number of carbonyl (C=O) groups is 1. The van der Waals surface area contributed by atoms with Crippen molar-refractivity contribution in [1.29, 1.82) is 0 Å². The van der Waals surface area contributed by atoms with Gasteiger partial charge in [0.25, 0.3) is 0 Å². The fourth-order valence-electron chi connectivity index (χ4n) is 2.96. The van der Waals surface area contributed by atoms with E-state index < -0.39 is 16.0 Å². The molecule has 2 aromatic rings. The molecule has 0 spiro atoms. The molecule has 1 aliphatic rings. The molecule has 0 bridgehead atoms. The molecule has 0 atom stereocenters. The standard InChI is InChI=1S/C18H19ClN2O4S/c19-17-12-14(6-7-16(17)18(22)23)13-20-8-10-21(11-9-20)26(24,25)15-4-2-1-3-5-15/h1-7,12H,8-11,13H2,(H,22,23). The lowest BCUT2D eigenvalue weighted by Crippen LogP contribution is -2.48. The number of rotatable bonds is 5. The van der Waals surface area contributed by atoms with Gasteiger partial charge in [-0.3, -0.25) is 4.90 Å². The first-order valence-electron chi connectivity index (χ1n) is 8.17. The third-order valence-corrected chi connectivity index (χ3v) is 6.61. The molecule has 0 aromatic heterocycles. The third kappa shape index (κ3) is 4.07. The summed E-state index contributed by atoms with van der Waals surface area (Å²) >= 11 is 6.01. The van der Waals surface area contributed by atoms with Crippen LogP contribution in [0, 0.1) is 0 Å².